The van der Waals surface area contributed by atoms with E-state index in [1.807, 2.05) is 0 Å². The SMILES string of the molecule is CS(=O)(=O)c1nc(=O)cc2n1CCN2. The Bertz CT molecular complexity index is 532. The van der Waals surface area contributed by atoms with E-state index in [1.54, 1.807) is 0 Å². The average molecular weight is 215 g/mol. The quantitative estimate of drug-likeness (QED) is 0.612. The van der Waals surface area contributed by atoms with Crippen LogP contribution < -0.4 is 10.9 Å². The van der Waals surface area contributed by atoms with E-state index >= 15 is 0 Å². The van der Waals surface area contributed by atoms with Gasteiger partial charge in [-0.1, -0.05) is 0 Å². The number of hydrogen-bond acceptors (Lipinski definition) is 5. The number of anilines is 1. The fourth-order valence-corrected chi connectivity index (χ4v) is 2.27. The Morgan fingerprint density at radius 1 is 1.57 bits per heavy atom. The Labute approximate surface area is 80.5 Å². The Kier molecular flexibility index (Phi) is 1.84. The normalized spacial score (nSPS) is 14.9. The summed E-state index contributed by atoms with van der Waals surface area (Å²) in [6.45, 7) is 1.14. The molecule has 0 unspecified atom stereocenters. The van der Waals surface area contributed by atoms with E-state index in [1.165, 1.54) is 10.6 Å². The zero-order chi connectivity index (χ0) is 10.3. The molecule has 0 radical (unpaired) electrons. The summed E-state index contributed by atoms with van der Waals surface area (Å²) in [7, 11) is -3.44. The molecule has 0 bridgehead atoms. The minimum absolute atomic E-state index is 0.162. The second-order valence-electron chi connectivity index (χ2n) is 3.11. The molecule has 14 heavy (non-hydrogen) atoms. The maximum absolute atomic E-state index is 11.3. The minimum Gasteiger partial charge on any atom is -0.369 e. The molecule has 0 fully saturated rings. The summed E-state index contributed by atoms with van der Waals surface area (Å²) in [5.41, 5.74) is -0.536. The highest BCUT2D eigenvalue weighted by atomic mass is 32.2. The summed E-state index contributed by atoms with van der Waals surface area (Å²) in [6.07, 6.45) is 1.04. The first-order valence-corrected chi connectivity index (χ1v) is 5.93. The van der Waals surface area contributed by atoms with Gasteiger partial charge in [0.15, 0.2) is 0 Å². The predicted molar refractivity (Wildman–Crippen MR) is 50.1 cm³/mol. The predicted octanol–water partition coefficient (Wildman–Crippen LogP) is -0.928. The molecule has 0 saturated heterocycles. The van der Waals surface area contributed by atoms with Gasteiger partial charge in [-0.2, -0.15) is 4.98 Å². The molecule has 2 rings (SSSR count). The minimum atomic E-state index is -3.44. The number of rotatable bonds is 1. The van der Waals surface area contributed by atoms with Crippen LogP contribution in [0.2, 0.25) is 0 Å². The van der Waals surface area contributed by atoms with Crippen LogP contribution in [0.25, 0.3) is 0 Å². The van der Waals surface area contributed by atoms with Gasteiger partial charge >= 0.3 is 0 Å². The van der Waals surface area contributed by atoms with Crippen molar-refractivity contribution in [1.82, 2.24) is 9.55 Å². The lowest BCUT2D eigenvalue weighted by molar-refractivity contribution is 0.571. The molecule has 1 aromatic heterocycles. The summed E-state index contributed by atoms with van der Waals surface area (Å²) >= 11 is 0. The molecular weight excluding hydrogens is 206 g/mol. The molecule has 0 aliphatic carbocycles. The molecule has 1 aromatic rings. The van der Waals surface area contributed by atoms with E-state index in [0.29, 0.717) is 18.9 Å². The molecule has 0 saturated carbocycles. The average Bonchev–Trinajstić information content (AvgIpc) is 2.47. The standard InChI is InChI=1S/C7H9N3O3S/c1-14(12,13)7-9-6(11)4-5-8-2-3-10(5)7/h4,8H,2-3H2,1H3. The summed E-state index contributed by atoms with van der Waals surface area (Å²) in [5.74, 6) is 0.519. The molecule has 0 amide bonds. The fraction of sp³-hybridized carbons (Fsp3) is 0.429. The van der Waals surface area contributed by atoms with Gasteiger partial charge in [-0.15, -0.1) is 0 Å². The number of aromatic nitrogens is 2. The van der Waals surface area contributed by atoms with Crippen molar-refractivity contribution in [2.24, 2.45) is 0 Å². The van der Waals surface area contributed by atoms with Crippen molar-refractivity contribution in [3.05, 3.63) is 16.4 Å². The Balaban J connectivity index is 2.79. The molecule has 2 heterocycles. The molecule has 0 atom stereocenters. The molecule has 1 N–H and O–H groups in total. The van der Waals surface area contributed by atoms with E-state index < -0.39 is 15.4 Å². The molecule has 6 nitrogen and oxygen atoms in total. The molecular formula is C7H9N3O3S. The third-order valence-electron chi connectivity index (χ3n) is 1.96. The van der Waals surface area contributed by atoms with Crippen LogP contribution in [0.5, 0.6) is 0 Å². The molecule has 7 heteroatoms. The molecule has 0 aromatic carbocycles. The highest BCUT2D eigenvalue weighted by Crippen LogP contribution is 2.15. The summed E-state index contributed by atoms with van der Waals surface area (Å²) in [4.78, 5) is 14.6. The highest BCUT2D eigenvalue weighted by molar-refractivity contribution is 7.90. The van der Waals surface area contributed by atoms with Crippen LogP contribution in [0.3, 0.4) is 0 Å². The van der Waals surface area contributed by atoms with Gasteiger partial charge in [-0.25, -0.2) is 8.42 Å². The Morgan fingerprint density at radius 3 is 2.93 bits per heavy atom. The molecule has 1 aliphatic rings. The highest BCUT2D eigenvalue weighted by Gasteiger charge is 2.20. The second kappa shape index (κ2) is 2.81. The van der Waals surface area contributed by atoms with Crippen LogP contribution in [0.15, 0.2) is 16.0 Å². The number of nitrogens with zero attached hydrogens (tertiary/aromatic N) is 2. The molecule has 1 aliphatic heterocycles. The van der Waals surface area contributed by atoms with Crippen molar-refractivity contribution in [3.8, 4) is 0 Å². The third-order valence-corrected chi connectivity index (χ3v) is 2.94. The topological polar surface area (TPSA) is 81.1 Å². The van der Waals surface area contributed by atoms with Gasteiger partial charge in [0, 0.05) is 25.4 Å². The van der Waals surface area contributed by atoms with Gasteiger partial charge in [0.2, 0.25) is 15.0 Å². The van der Waals surface area contributed by atoms with E-state index in [4.69, 9.17) is 0 Å². The summed E-state index contributed by atoms with van der Waals surface area (Å²) < 4.78 is 24.1. The first-order valence-electron chi connectivity index (χ1n) is 4.04. The van der Waals surface area contributed by atoms with Crippen LogP contribution in [0.4, 0.5) is 5.82 Å². The number of sulfone groups is 1. The van der Waals surface area contributed by atoms with Crippen LogP contribution in [0, 0.1) is 0 Å². The van der Waals surface area contributed by atoms with E-state index in [9.17, 15) is 13.2 Å². The van der Waals surface area contributed by atoms with E-state index in [2.05, 4.69) is 10.3 Å². The van der Waals surface area contributed by atoms with Crippen LogP contribution in [-0.2, 0) is 16.4 Å². The maximum atomic E-state index is 11.3. The monoisotopic (exact) mass is 215 g/mol. The van der Waals surface area contributed by atoms with Gasteiger partial charge in [0.1, 0.15) is 5.82 Å². The zero-order valence-electron chi connectivity index (χ0n) is 7.52. The molecule has 76 valence electrons. The Morgan fingerprint density at radius 2 is 2.29 bits per heavy atom. The molecule has 0 spiro atoms. The third kappa shape index (κ3) is 1.39. The lowest BCUT2D eigenvalue weighted by Gasteiger charge is -2.06. The van der Waals surface area contributed by atoms with Gasteiger partial charge < -0.3 is 9.88 Å². The smallest absolute Gasteiger partial charge is 0.275 e. The van der Waals surface area contributed by atoms with Crippen LogP contribution in [-0.4, -0.2) is 30.8 Å². The van der Waals surface area contributed by atoms with E-state index in [-0.39, 0.29) is 5.16 Å². The lowest BCUT2D eigenvalue weighted by Crippen LogP contribution is -2.19. The van der Waals surface area contributed by atoms with Gasteiger partial charge in [-0.05, 0) is 0 Å². The van der Waals surface area contributed by atoms with Crippen LogP contribution in [0.1, 0.15) is 0 Å². The number of nitrogens with one attached hydrogen (secondary N) is 1. The summed E-state index contributed by atoms with van der Waals surface area (Å²) in [6, 6.07) is 1.29. The van der Waals surface area contributed by atoms with Crippen molar-refractivity contribution >= 4 is 15.7 Å². The largest absolute Gasteiger partial charge is 0.369 e. The van der Waals surface area contributed by atoms with Gasteiger partial charge in [-0.3, -0.25) is 4.79 Å². The zero-order valence-corrected chi connectivity index (χ0v) is 8.34. The van der Waals surface area contributed by atoms with Crippen molar-refractivity contribution in [1.29, 1.82) is 0 Å². The van der Waals surface area contributed by atoms with Crippen molar-refractivity contribution < 1.29 is 8.42 Å². The number of hydrogen-bond donors (Lipinski definition) is 1. The first kappa shape index (κ1) is 9.20. The maximum Gasteiger partial charge on any atom is 0.275 e. The fourth-order valence-electron chi connectivity index (χ4n) is 1.43. The van der Waals surface area contributed by atoms with Crippen molar-refractivity contribution in [2.75, 3.05) is 18.1 Å². The van der Waals surface area contributed by atoms with Crippen LogP contribution >= 0.6 is 0 Å². The first-order chi connectivity index (χ1) is 6.48. The summed E-state index contributed by atoms with van der Waals surface area (Å²) in [5, 5.41) is 2.75. The lowest BCUT2D eigenvalue weighted by atomic mass is 10.6. The van der Waals surface area contributed by atoms with Crippen molar-refractivity contribution in [3.63, 3.8) is 0 Å². The second-order valence-corrected chi connectivity index (χ2v) is 5.02. The Hall–Kier alpha value is -1.37. The van der Waals surface area contributed by atoms with E-state index in [0.717, 1.165) is 6.26 Å². The van der Waals surface area contributed by atoms with Gasteiger partial charge in [0.25, 0.3) is 5.56 Å². The number of fused-ring (bicyclic) bond motifs is 1. The van der Waals surface area contributed by atoms with Crippen molar-refractivity contribution in [2.45, 2.75) is 11.7 Å². The van der Waals surface area contributed by atoms with Gasteiger partial charge in [0.05, 0.1) is 0 Å².